The number of nitrogens with zero attached hydrogens (tertiary/aromatic N) is 3. The molecule has 0 aliphatic heterocycles. The number of benzene rings is 1. The van der Waals surface area contributed by atoms with Crippen molar-refractivity contribution >= 4 is 39.1 Å². The highest BCUT2D eigenvalue weighted by atomic mass is 32.1. The second-order valence-corrected chi connectivity index (χ2v) is 7.26. The minimum atomic E-state index is -0.123. The van der Waals surface area contributed by atoms with Gasteiger partial charge in [-0.1, -0.05) is 17.7 Å². The number of carbonyl (C=O) groups excluding carboxylic acids is 1. The van der Waals surface area contributed by atoms with E-state index in [2.05, 4.69) is 10.3 Å². The Morgan fingerprint density at radius 1 is 1.19 bits per heavy atom. The Kier molecular flexibility index (Phi) is 5.91. The molecule has 3 aromatic rings. The quantitative estimate of drug-likeness (QED) is 0.675. The summed E-state index contributed by atoms with van der Waals surface area (Å²) in [4.78, 5) is 32.0. The Hall–Kier alpha value is -2.67. The number of amides is 1. The monoisotopic (exact) mass is 384 g/mol. The molecule has 2 aromatic heterocycles. The van der Waals surface area contributed by atoms with Gasteiger partial charge in [0, 0.05) is 31.7 Å². The molecule has 2 heterocycles. The predicted molar refractivity (Wildman–Crippen MR) is 112 cm³/mol. The van der Waals surface area contributed by atoms with Crippen molar-refractivity contribution in [3.05, 3.63) is 51.6 Å². The lowest BCUT2D eigenvalue weighted by Gasteiger charge is -2.23. The zero-order chi connectivity index (χ0) is 19.4. The van der Waals surface area contributed by atoms with Gasteiger partial charge >= 0.3 is 0 Å². The average Bonchev–Trinajstić information content (AvgIpc) is 3.13. The first kappa shape index (κ1) is 19.1. The van der Waals surface area contributed by atoms with Crippen LogP contribution in [0.2, 0.25) is 0 Å². The fourth-order valence-electron chi connectivity index (χ4n) is 2.96. The molecule has 1 aromatic carbocycles. The molecule has 1 N–H and O–H groups in total. The zero-order valence-corrected chi connectivity index (χ0v) is 16.7. The lowest BCUT2D eigenvalue weighted by atomic mass is 10.2. The third-order valence-corrected chi connectivity index (χ3v) is 5.38. The molecule has 0 atom stereocenters. The molecule has 0 radical (unpaired) electrons. The molecule has 0 spiro atoms. The second kappa shape index (κ2) is 8.35. The van der Waals surface area contributed by atoms with Crippen LogP contribution in [-0.2, 0) is 11.3 Å². The molecule has 7 heteroatoms. The highest BCUT2D eigenvalue weighted by molar-refractivity contribution is 7.17. The maximum Gasteiger partial charge on any atom is 0.272 e. The predicted octanol–water partition coefficient (Wildman–Crippen LogP) is 3.64. The molecule has 0 saturated heterocycles. The fraction of sp³-hybridized carbons (Fsp3) is 0.350. The number of aryl methyl sites for hydroxylation is 1. The number of rotatable bonds is 7. The van der Waals surface area contributed by atoms with Crippen LogP contribution in [0.5, 0.6) is 0 Å². The minimum Gasteiger partial charge on any atom is -0.343 e. The molecule has 0 unspecified atom stereocenters. The van der Waals surface area contributed by atoms with Gasteiger partial charge in [0.2, 0.25) is 11.9 Å². The van der Waals surface area contributed by atoms with Crippen molar-refractivity contribution in [1.29, 1.82) is 0 Å². The summed E-state index contributed by atoms with van der Waals surface area (Å²) in [5.41, 5.74) is 2.53. The van der Waals surface area contributed by atoms with E-state index in [9.17, 15) is 9.59 Å². The summed E-state index contributed by atoms with van der Waals surface area (Å²) in [5.74, 6) is 0.501. The first-order chi connectivity index (χ1) is 13.0. The third kappa shape index (κ3) is 4.19. The summed E-state index contributed by atoms with van der Waals surface area (Å²) in [7, 11) is 0. The van der Waals surface area contributed by atoms with E-state index < -0.39 is 0 Å². The number of hydrogen-bond donors (Lipinski definition) is 1. The smallest absolute Gasteiger partial charge is 0.272 e. The van der Waals surface area contributed by atoms with Gasteiger partial charge in [0.25, 0.3) is 5.56 Å². The first-order valence-corrected chi connectivity index (χ1v) is 10.0. The van der Waals surface area contributed by atoms with Crippen LogP contribution in [0.25, 0.3) is 10.2 Å². The summed E-state index contributed by atoms with van der Waals surface area (Å²) in [5, 5.41) is 4.76. The van der Waals surface area contributed by atoms with E-state index in [0.29, 0.717) is 22.7 Å². The van der Waals surface area contributed by atoms with Crippen molar-refractivity contribution in [2.24, 2.45) is 0 Å². The number of carbonyl (C=O) groups is 1. The summed E-state index contributed by atoms with van der Waals surface area (Å²) < 4.78 is 2.26. The van der Waals surface area contributed by atoms with Gasteiger partial charge in [0.05, 0.1) is 5.52 Å². The van der Waals surface area contributed by atoms with Gasteiger partial charge in [0.15, 0.2) is 0 Å². The molecule has 0 fully saturated rings. The van der Waals surface area contributed by atoms with Gasteiger partial charge < -0.3 is 10.2 Å². The van der Waals surface area contributed by atoms with E-state index in [1.54, 1.807) is 4.57 Å². The van der Waals surface area contributed by atoms with Crippen molar-refractivity contribution in [3.8, 4) is 0 Å². The molecule has 142 valence electrons. The third-order valence-electron chi connectivity index (χ3n) is 4.49. The number of nitrogens with one attached hydrogen (secondary N) is 1. The van der Waals surface area contributed by atoms with Crippen LogP contribution < -0.4 is 15.8 Å². The minimum absolute atomic E-state index is 0.0833. The van der Waals surface area contributed by atoms with Crippen LogP contribution in [0.15, 0.2) is 40.5 Å². The molecular weight excluding hydrogens is 360 g/mol. The van der Waals surface area contributed by atoms with E-state index in [1.807, 2.05) is 61.4 Å². The number of anilines is 2. The van der Waals surface area contributed by atoms with Gasteiger partial charge in [-0.25, -0.2) is 4.98 Å². The molecule has 3 rings (SSSR count). The normalized spacial score (nSPS) is 10.9. The van der Waals surface area contributed by atoms with Gasteiger partial charge in [-0.3, -0.25) is 14.2 Å². The molecule has 6 nitrogen and oxygen atoms in total. The van der Waals surface area contributed by atoms with E-state index in [0.717, 1.165) is 24.3 Å². The first-order valence-electron chi connectivity index (χ1n) is 9.13. The number of hydrogen-bond acceptors (Lipinski definition) is 5. The van der Waals surface area contributed by atoms with Crippen molar-refractivity contribution in [3.63, 3.8) is 0 Å². The standard InChI is InChI=1S/C20H24N4O2S/c1-4-23(5-2)20-22-16-11-13-27-18(16)19(26)24(20)12-10-17(25)21-15-8-6-14(3)7-9-15/h6-9,11,13H,4-5,10,12H2,1-3H3,(H,21,25). The van der Waals surface area contributed by atoms with Crippen LogP contribution >= 0.6 is 11.3 Å². The van der Waals surface area contributed by atoms with Crippen LogP contribution in [-0.4, -0.2) is 28.5 Å². The van der Waals surface area contributed by atoms with Gasteiger partial charge in [-0.05, 0) is 44.4 Å². The Morgan fingerprint density at radius 3 is 2.56 bits per heavy atom. The van der Waals surface area contributed by atoms with Crippen LogP contribution in [0.4, 0.5) is 11.6 Å². The maximum atomic E-state index is 12.9. The molecule has 1 amide bonds. The average molecular weight is 385 g/mol. The Labute approximate surface area is 162 Å². The number of aromatic nitrogens is 2. The number of fused-ring (bicyclic) bond motifs is 1. The Bertz CT molecular complexity index is 987. The summed E-state index contributed by atoms with van der Waals surface area (Å²) in [6.45, 7) is 7.84. The van der Waals surface area contributed by atoms with E-state index >= 15 is 0 Å². The van der Waals surface area contributed by atoms with Gasteiger partial charge in [0.1, 0.15) is 4.70 Å². The van der Waals surface area contributed by atoms with E-state index in [-0.39, 0.29) is 17.9 Å². The largest absolute Gasteiger partial charge is 0.343 e. The maximum absolute atomic E-state index is 12.9. The summed E-state index contributed by atoms with van der Waals surface area (Å²) in [6.07, 6.45) is 0.209. The summed E-state index contributed by atoms with van der Waals surface area (Å²) in [6, 6.07) is 9.52. The highest BCUT2D eigenvalue weighted by Gasteiger charge is 2.17. The van der Waals surface area contributed by atoms with Gasteiger partial charge in [-0.15, -0.1) is 11.3 Å². The molecule has 0 aliphatic carbocycles. The van der Waals surface area contributed by atoms with E-state index in [4.69, 9.17) is 0 Å². The zero-order valence-electron chi connectivity index (χ0n) is 15.9. The van der Waals surface area contributed by atoms with Crippen molar-refractivity contribution < 1.29 is 4.79 Å². The van der Waals surface area contributed by atoms with Crippen LogP contribution in [0, 0.1) is 6.92 Å². The molecular formula is C20H24N4O2S. The SMILES string of the molecule is CCN(CC)c1nc2ccsc2c(=O)n1CCC(=O)Nc1ccc(C)cc1. The molecule has 0 bridgehead atoms. The van der Waals surface area contributed by atoms with Gasteiger partial charge in [-0.2, -0.15) is 0 Å². The number of thiophene rings is 1. The fourth-order valence-corrected chi connectivity index (χ4v) is 3.73. The Morgan fingerprint density at radius 2 is 1.89 bits per heavy atom. The van der Waals surface area contributed by atoms with Crippen LogP contribution in [0.1, 0.15) is 25.8 Å². The van der Waals surface area contributed by atoms with E-state index in [1.165, 1.54) is 11.3 Å². The van der Waals surface area contributed by atoms with Crippen molar-refractivity contribution in [2.45, 2.75) is 33.7 Å². The lowest BCUT2D eigenvalue weighted by molar-refractivity contribution is -0.116. The Balaban J connectivity index is 1.83. The topological polar surface area (TPSA) is 67.2 Å². The molecule has 0 aliphatic rings. The lowest BCUT2D eigenvalue weighted by Crippen LogP contribution is -2.33. The molecule has 27 heavy (non-hydrogen) atoms. The summed E-state index contributed by atoms with van der Waals surface area (Å²) >= 11 is 1.39. The van der Waals surface area contributed by atoms with Crippen LogP contribution in [0.3, 0.4) is 0 Å². The van der Waals surface area contributed by atoms with Crippen molar-refractivity contribution in [2.75, 3.05) is 23.3 Å². The highest BCUT2D eigenvalue weighted by Crippen LogP contribution is 2.19. The molecule has 0 saturated carbocycles. The second-order valence-electron chi connectivity index (χ2n) is 6.34. The van der Waals surface area contributed by atoms with Crippen molar-refractivity contribution in [1.82, 2.24) is 9.55 Å².